The highest BCUT2D eigenvalue weighted by molar-refractivity contribution is 6.06. The molecular weight excluding hydrogens is 622 g/mol. The number of hydrogen-bond donors (Lipinski definition) is 1. The van der Waals surface area contributed by atoms with E-state index >= 15 is 0 Å². The highest BCUT2D eigenvalue weighted by Gasteiger charge is 2.59. The van der Waals surface area contributed by atoms with Gasteiger partial charge in [-0.15, -0.1) is 0 Å². The number of anilines is 1. The van der Waals surface area contributed by atoms with Crippen LogP contribution in [0.2, 0.25) is 0 Å². The number of carbonyl (C=O) groups excluding carboxylic acids is 1. The average Bonchev–Trinajstić information content (AvgIpc) is 3.71. The molecule has 11 nitrogen and oxygen atoms in total. The lowest BCUT2D eigenvalue weighted by molar-refractivity contribution is -0.115. The quantitative estimate of drug-likeness (QED) is 0.137. The Hall–Kier alpha value is -5.62. The molecule has 4 aromatic carbocycles. The fraction of sp³-hybridized carbons (Fsp3) is 0.211. The van der Waals surface area contributed by atoms with Crippen molar-refractivity contribution in [2.75, 3.05) is 26.1 Å². The van der Waals surface area contributed by atoms with Gasteiger partial charge in [-0.1, -0.05) is 72.8 Å². The number of rotatable bonds is 11. The first-order valence-corrected chi connectivity index (χ1v) is 15.9. The number of benzene rings is 4. The van der Waals surface area contributed by atoms with Gasteiger partial charge in [0.15, 0.2) is 23.2 Å². The minimum absolute atomic E-state index is 0.179. The fourth-order valence-electron chi connectivity index (χ4n) is 6.54. The predicted octanol–water partition coefficient (Wildman–Crippen LogP) is 5.77. The van der Waals surface area contributed by atoms with Gasteiger partial charge >= 0.3 is 0 Å². The third-order valence-electron chi connectivity index (χ3n) is 9.06. The molecule has 11 heteroatoms. The molecule has 6 aromatic rings. The van der Waals surface area contributed by atoms with E-state index in [2.05, 4.69) is 32.4 Å². The number of methoxy groups -OCH3 is 2. The molecule has 49 heavy (non-hydrogen) atoms. The summed E-state index contributed by atoms with van der Waals surface area (Å²) in [5.74, 6) is 1.52. The molecule has 4 heterocycles. The standard InChI is InChI=1S/C38H33N5O6/c1-45-28-17-13-26(14-18-28)38(25-11-7-4-8-12-25,27-15-19-29(46-2)20-16-27)47-21-30-32-33(49-32)37(48-30)43-23-41-31-34(39-22-40-35(31)43)42-36(44)24-9-5-3-6-10-24/h3-20,22-23,30,32-33,37H,21H2,1-2H3,(H,39,40,42,44)/t30-,32+,33+,37-/m1/s1. The number of amides is 1. The molecule has 2 saturated heterocycles. The summed E-state index contributed by atoms with van der Waals surface area (Å²) in [7, 11) is 3.30. The summed E-state index contributed by atoms with van der Waals surface area (Å²) < 4.78 is 32.6. The molecule has 1 amide bonds. The molecule has 1 N–H and O–H groups in total. The summed E-state index contributed by atoms with van der Waals surface area (Å²) in [5.41, 5.74) is 3.30. The van der Waals surface area contributed by atoms with Crippen LogP contribution in [0.1, 0.15) is 33.3 Å². The predicted molar refractivity (Wildman–Crippen MR) is 181 cm³/mol. The van der Waals surface area contributed by atoms with Crippen LogP contribution in [0.3, 0.4) is 0 Å². The monoisotopic (exact) mass is 655 g/mol. The number of aromatic nitrogens is 4. The minimum Gasteiger partial charge on any atom is -0.497 e. The van der Waals surface area contributed by atoms with E-state index in [0.717, 1.165) is 28.2 Å². The molecule has 2 aliphatic rings. The van der Waals surface area contributed by atoms with Crippen LogP contribution in [0.5, 0.6) is 11.5 Å². The van der Waals surface area contributed by atoms with Gasteiger partial charge in [0.05, 0.1) is 27.2 Å². The number of nitrogens with zero attached hydrogens (tertiary/aromatic N) is 4. The number of fused-ring (bicyclic) bond motifs is 2. The van der Waals surface area contributed by atoms with Crippen LogP contribution in [-0.2, 0) is 19.8 Å². The lowest BCUT2D eigenvalue weighted by atomic mass is 9.80. The summed E-state index contributed by atoms with van der Waals surface area (Å²) in [5, 5.41) is 2.86. The highest BCUT2D eigenvalue weighted by Crippen LogP contribution is 2.48. The van der Waals surface area contributed by atoms with Gasteiger partial charge in [-0.2, -0.15) is 0 Å². The lowest BCUT2D eigenvalue weighted by Crippen LogP contribution is -2.37. The molecule has 2 aliphatic heterocycles. The van der Waals surface area contributed by atoms with E-state index in [1.54, 1.807) is 44.8 Å². The van der Waals surface area contributed by atoms with E-state index in [-0.39, 0.29) is 30.8 Å². The molecule has 4 atom stereocenters. The van der Waals surface area contributed by atoms with E-state index in [0.29, 0.717) is 22.5 Å². The Morgan fingerprint density at radius 1 is 0.755 bits per heavy atom. The number of carbonyl (C=O) groups is 1. The van der Waals surface area contributed by atoms with Crippen LogP contribution in [-0.4, -0.2) is 64.6 Å². The highest BCUT2D eigenvalue weighted by atomic mass is 16.7. The summed E-state index contributed by atoms with van der Waals surface area (Å²) >= 11 is 0. The van der Waals surface area contributed by atoms with E-state index in [1.807, 2.05) is 77.4 Å². The molecule has 8 rings (SSSR count). The van der Waals surface area contributed by atoms with Crippen molar-refractivity contribution in [2.45, 2.75) is 30.1 Å². The van der Waals surface area contributed by atoms with Crippen molar-refractivity contribution in [3.8, 4) is 11.5 Å². The van der Waals surface area contributed by atoms with Crippen molar-refractivity contribution in [2.24, 2.45) is 0 Å². The normalized spacial score (nSPS) is 19.7. The maximum atomic E-state index is 12.9. The van der Waals surface area contributed by atoms with E-state index in [9.17, 15) is 4.79 Å². The number of imidazole rings is 1. The second-order valence-electron chi connectivity index (χ2n) is 11.8. The van der Waals surface area contributed by atoms with Gasteiger partial charge in [-0.25, -0.2) is 15.0 Å². The van der Waals surface area contributed by atoms with Crippen LogP contribution in [0.4, 0.5) is 5.82 Å². The first-order chi connectivity index (χ1) is 24.1. The summed E-state index contributed by atoms with van der Waals surface area (Å²) in [6.07, 6.45) is 1.78. The second kappa shape index (κ2) is 12.8. The van der Waals surface area contributed by atoms with Crippen molar-refractivity contribution in [3.05, 3.63) is 144 Å². The van der Waals surface area contributed by atoms with E-state index < -0.39 is 11.8 Å². The Bertz CT molecular complexity index is 2020. The Balaban J connectivity index is 1.09. The maximum absolute atomic E-state index is 12.9. The van der Waals surface area contributed by atoms with Crippen molar-refractivity contribution < 1.29 is 28.5 Å². The number of nitrogens with one attached hydrogen (secondary N) is 1. The van der Waals surface area contributed by atoms with Gasteiger partial charge in [0.1, 0.15) is 41.7 Å². The van der Waals surface area contributed by atoms with E-state index in [1.165, 1.54) is 6.33 Å². The zero-order valence-corrected chi connectivity index (χ0v) is 26.8. The molecule has 2 fully saturated rings. The minimum atomic E-state index is -0.994. The number of ether oxygens (including phenoxy) is 5. The SMILES string of the molecule is COc1ccc(C(OC[C@H]2O[C@@H](n3cnc4c(NC(=O)c5ccccc5)ncnc43)[C@H]3O[C@H]32)(c2ccccc2)c2ccc(OC)cc2)cc1. The molecule has 246 valence electrons. The number of hydrogen-bond acceptors (Lipinski definition) is 9. The molecule has 0 radical (unpaired) electrons. The van der Waals surface area contributed by atoms with Crippen molar-refractivity contribution in [1.82, 2.24) is 19.5 Å². The second-order valence-corrected chi connectivity index (χ2v) is 11.8. The van der Waals surface area contributed by atoms with Crippen LogP contribution in [0.25, 0.3) is 11.2 Å². The van der Waals surface area contributed by atoms with Crippen molar-refractivity contribution in [3.63, 3.8) is 0 Å². The zero-order chi connectivity index (χ0) is 33.4. The van der Waals surface area contributed by atoms with Crippen LogP contribution >= 0.6 is 0 Å². The smallest absolute Gasteiger partial charge is 0.256 e. The van der Waals surface area contributed by atoms with Gasteiger partial charge in [-0.05, 0) is 53.1 Å². The molecule has 2 aromatic heterocycles. The molecule has 0 aliphatic carbocycles. The molecular formula is C38H33N5O6. The van der Waals surface area contributed by atoms with Crippen molar-refractivity contribution in [1.29, 1.82) is 0 Å². The van der Waals surface area contributed by atoms with Crippen LogP contribution < -0.4 is 14.8 Å². The Labute approximate surface area is 282 Å². The summed E-state index contributed by atoms with van der Waals surface area (Å²) in [4.78, 5) is 26.2. The maximum Gasteiger partial charge on any atom is 0.256 e. The van der Waals surface area contributed by atoms with Crippen LogP contribution in [0, 0.1) is 0 Å². The molecule has 0 spiro atoms. The van der Waals surface area contributed by atoms with E-state index in [4.69, 9.17) is 23.7 Å². The molecule has 0 saturated carbocycles. The Kier molecular flexibility index (Phi) is 8.00. The molecule has 0 bridgehead atoms. The summed E-state index contributed by atoms with van der Waals surface area (Å²) in [6, 6.07) is 34.9. The zero-order valence-electron chi connectivity index (χ0n) is 26.8. The van der Waals surface area contributed by atoms with Gasteiger partial charge in [0.25, 0.3) is 5.91 Å². The average molecular weight is 656 g/mol. The fourth-order valence-corrected chi connectivity index (χ4v) is 6.54. The molecule has 0 unspecified atom stereocenters. The first-order valence-electron chi connectivity index (χ1n) is 15.9. The number of epoxide rings is 1. The van der Waals surface area contributed by atoms with Gasteiger partial charge in [0.2, 0.25) is 0 Å². The van der Waals surface area contributed by atoms with Crippen molar-refractivity contribution >= 4 is 22.9 Å². The lowest BCUT2D eigenvalue weighted by Gasteiger charge is -2.37. The topological polar surface area (TPSA) is 122 Å². The Morgan fingerprint density at radius 2 is 1.37 bits per heavy atom. The van der Waals surface area contributed by atoms with Gasteiger partial charge in [0, 0.05) is 5.56 Å². The first kappa shape index (κ1) is 30.7. The van der Waals surface area contributed by atoms with Gasteiger partial charge < -0.3 is 29.0 Å². The third-order valence-corrected chi connectivity index (χ3v) is 9.06. The largest absolute Gasteiger partial charge is 0.497 e. The Morgan fingerprint density at radius 3 is 2.00 bits per heavy atom. The van der Waals surface area contributed by atoms with Gasteiger partial charge in [-0.3, -0.25) is 9.36 Å². The van der Waals surface area contributed by atoms with Crippen LogP contribution in [0.15, 0.2) is 122 Å². The summed E-state index contributed by atoms with van der Waals surface area (Å²) in [6.45, 7) is 0.227. The third kappa shape index (κ3) is 5.57.